The number of rotatable bonds is 7. The third kappa shape index (κ3) is 4.77. The van der Waals surface area contributed by atoms with Crippen LogP contribution in [-0.4, -0.2) is 50.3 Å². The Morgan fingerprint density at radius 3 is 2.31 bits per heavy atom. The van der Waals surface area contributed by atoms with Gasteiger partial charge in [0.15, 0.2) is 0 Å². The number of nitrogens with zero attached hydrogens (tertiary/aromatic N) is 1. The fourth-order valence-corrected chi connectivity index (χ4v) is 2.85. The van der Waals surface area contributed by atoms with E-state index < -0.39 is 21.0 Å². The maximum atomic E-state index is 11.7. The van der Waals surface area contributed by atoms with Crippen molar-refractivity contribution in [2.45, 2.75) is 18.7 Å². The molecule has 0 aliphatic carbocycles. The Labute approximate surface area is 105 Å². The molecule has 6 nitrogen and oxygen atoms in total. The zero-order chi connectivity index (χ0) is 12.8. The molecule has 1 N–H and O–H groups in total. The van der Waals surface area contributed by atoms with Gasteiger partial charge in [-0.25, -0.2) is 4.72 Å². The Morgan fingerprint density at radius 2 is 1.94 bits per heavy atom. The number of methoxy groups -OCH3 is 1. The summed E-state index contributed by atoms with van der Waals surface area (Å²) in [6.07, 6.45) is 0. The fraction of sp³-hybridized carbons (Fsp3) is 0.875. The van der Waals surface area contributed by atoms with Crippen LogP contribution in [0.25, 0.3) is 0 Å². The van der Waals surface area contributed by atoms with Crippen molar-refractivity contribution in [1.82, 2.24) is 9.03 Å². The second kappa shape index (κ2) is 7.21. The van der Waals surface area contributed by atoms with Gasteiger partial charge in [-0.1, -0.05) is 29.8 Å². The molecule has 0 radical (unpaired) electrons. The van der Waals surface area contributed by atoms with Crippen LogP contribution in [-0.2, 0) is 19.7 Å². The van der Waals surface area contributed by atoms with Crippen molar-refractivity contribution in [2.24, 2.45) is 0 Å². The number of carbonyl (C=O) groups excluding carboxylic acids is 1. The second-order valence-electron chi connectivity index (χ2n) is 2.93. The summed E-state index contributed by atoms with van der Waals surface area (Å²) in [6, 6.07) is 0. The average molecular weight is 317 g/mol. The summed E-state index contributed by atoms with van der Waals surface area (Å²) in [5.41, 5.74) is 0. The van der Waals surface area contributed by atoms with E-state index in [0.717, 1.165) is 0 Å². The van der Waals surface area contributed by atoms with E-state index in [1.165, 1.54) is 11.4 Å². The molecule has 0 heterocycles. The Bertz CT molecular complexity index is 316. The summed E-state index contributed by atoms with van der Waals surface area (Å²) in [5.74, 6) is -0.512. The fourth-order valence-electron chi connectivity index (χ4n) is 1.04. The van der Waals surface area contributed by atoms with Gasteiger partial charge in [0.25, 0.3) is 10.2 Å². The molecule has 8 heteroatoms. The zero-order valence-corrected chi connectivity index (χ0v) is 12.0. The molecule has 0 aromatic heterocycles. The molecule has 0 aromatic carbocycles. The van der Waals surface area contributed by atoms with Crippen LogP contribution in [0.1, 0.15) is 13.8 Å². The smallest absolute Gasteiger partial charge is 0.320 e. The number of carbonyl (C=O) groups is 1. The SMILES string of the molecule is CCN(CC)S(=O)(=O)NCC(Br)C(=O)OC. The van der Waals surface area contributed by atoms with E-state index >= 15 is 0 Å². The van der Waals surface area contributed by atoms with E-state index in [9.17, 15) is 13.2 Å². The van der Waals surface area contributed by atoms with E-state index in [4.69, 9.17) is 0 Å². The first kappa shape index (κ1) is 15.8. The number of esters is 1. The molecular weight excluding hydrogens is 300 g/mol. The third-order valence-corrected chi connectivity index (χ3v) is 4.37. The van der Waals surface area contributed by atoms with Gasteiger partial charge < -0.3 is 4.74 Å². The van der Waals surface area contributed by atoms with Gasteiger partial charge in [0.1, 0.15) is 4.83 Å². The maximum absolute atomic E-state index is 11.7. The lowest BCUT2D eigenvalue weighted by Gasteiger charge is -2.19. The molecular formula is C8H17BrN2O4S. The van der Waals surface area contributed by atoms with E-state index in [2.05, 4.69) is 25.4 Å². The van der Waals surface area contributed by atoms with Gasteiger partial charge in [-0.15, -0.1) is 0 Å². The van der Waals surface area contributed by atoms with Gasteiger partial charge in [0, 0.05) is 19.6 Å². The van der Waals surface area contributed by atoms with Gasteiger partial charge in [-0.05, 0) is 0 Å². The molecule has 0 rings (SSSR count). The van der Waals surface area contributed by atoms with Crippen LogP contribution in [0.2, 0.25) is 0 Å². The summed E-state index contributed by atoms with van der Waals surface area (Å²) < 4.78 is 31.4. The van der Waals surface area contributed by atoms with Crippen LogP contribution in [0.15, 0.2) is 0 Å². The van der Waals surface area contributed by atoms with Crippen molar-refractivity contribution in [3.8, 4) is 0 Å². The Morgan fingerprint density at radius 1 is 1.44 bits per heavy atom. The van der Waals surface area contributed by atoms with Gasteiger partial charge in [0.05, 0.1) is 7.11 Å². The van der Waals surface area contributed by atoms with Crippen LogP contribution in [0, 0.1) is 0 Å². The molecule has 1 unspecified atom stereocenters. The zero-order valence-electron chi connectivity index (χ0n) is 9.57. The van der Waals surface area contributed by atoms with Crippen molar-refractivity contribution in [3.05, 3.63) is 0 Å². The highest BCUT2D eigenvalue weighted by atomic mass is 79.9. The van der Waals surface area contributed by atoms with Crippen molar-refractivity contribution < 1.29 is 17.9 Å². The molecule has 96 valence electrons. The molecule has 0 saturated carbocycles. The Balaban J connectivity index is 4.34. The normalized spacial score (nSPS) is 13.8. The quantitative estimate of drug-likeness (QED) is 0.534. The molecule has 0 bridgehead atoms. The highest BCUT2D eigenvalue weighted by Gasteiger charge is 2.22. The number of halogens is 1. The predicted octanol–water partition coefficient (Wildman–Crippen LogP) is 0.0991. The highest BCUT2D eigenvalue weighted by molar-refractivity contribution is 9.10. The van der Waals surface area contributed by atoms with E-state index in [0.29, 0.717) is 13.1 Å². The molecule has 0 aliphatic rings. The minimum absolute atomic E-state index is 0.0362. The molecule has 0 aromatic rings. The first-order valence-corrected chi connectivity index (χ1v) is 7.21. The molecule has 0 amide bonds. The number of alkyl halides is 1. The number of hydrogen-bond donors (Lipinski definition) is 1. The lowest BCUT2D eigenvalue weighted by atomic mass is 10.4. The molecule has 0 fully saturated rings. The van der Waals surface area contributed by atoms with E-state index in [-0.39, 0.29) is 6.54 Å². The van der Waals surface area contributed by atoms with Crippen LogP contribution in [0.5, 0.6) is 0 Å². The van der Waals surface area contributed by atoms with Crippen LogP contribution in [0.4, 0.5) is 0 Å². The van der Waals surface area contributed by atoms with Crippen molar-refractivity contribution in [1.29, 1.82) is 0 Å². The lowest BCUT2D eigenvalue weighted by Crippen LogP contribution is -2.43. The van der Waals surface area contributed by atoms with Crippen LogP contribution in [0.3, 0.4) is 0 Å². The lowest BCUT2D eigenvalue weighted by molar-refractivity contribution is -0.139. The standard InChI is InChI=1S/C8H17BrN2O4S/c1-4-11(5-2)16(13,14)10-6-7(9)8(12)15-3/h7,10H,4-6H2,1-3H3. The van der Waals surface area contributed by atoms with Gasteiger partial charge >= 0.3 is 5.97 Å². The third-order valence-electron chi connectivity index (χ3n) is 1.95. The molecule has 0 aliphatic heterocycles. The first-order valence-electron chi connectivity index (χ1n) is 4.85. The minimum atomic E-state index is -3.51. The Hall–Kier alpha value is -0.180. The average Bonchev–Trinajstić information content (AvgIpc) is 2.26. The molecule has 1 atom stereocenters. The minimum Gasteiger partial charge on any atom is -0.468 e. The largest absolute Gasteiger partial charge is 0.468 e. The summed E-state index contributed by atoms with van der Waals surface area (Å²) in [5, 5.41) is 0. The number of hydrogen-bond acceptors (Lipinski definition) is 4. The maximum Gasteiger partial charge on any atom is 0.320 e. The van der Waals surface area contributed by atoms with Crippen LogP contribution >= 0.6 is 15.9 Å². The first-order chi connectivity index (χ1) is 7.38. The monoisotopic (exact) mass is 316 g/mol. The molecule has 0 saturated heterocycles. The Kier molecular flexibility index (Phi) is 7.12. The second-order valence-corrected chi connectivity index (χ2v) is 5.79. The molecule has 16 heavy (non-hydrogen) atoms. The van der Waals surface area contributed by atoms with Gasteiger partial charge in [-0.2, -0.15) is 12.7 Å². The van der Waals surface area contributed by atoms with Crippen molar-refractivity contribution >= 4 is 32.1 Å². The topological polar surface area (TPSA) is 75.7 Å². The summed E-state index contributed by atoms with van der Waals surface area (Å²) in [7, 11) is -2.27. The van der Waals surface area contributed by atoms with E-state index in [1.54, 1.807) is 13.8 Å². The van der Waals surface area contributed by atoms with Gasteiger partial charge in [-0.3, -0.25) is 4.79 Å². The van der Waals surface area contributed by atoms with Gasteiger partial charge in [0.2, 0.25) is 0 Å². The predicted molar refractivity (Wildman–Crippen MR) is 64.6 cm³/mol. The van der Waals surface area contributed by atoms with E-state index in [1.807, 2.05) is 0 Å². The summed E-state index contributed by atoms with van der Waals surface area (Å²) >= 11 is 3.03. The summed E-state index contributed by atoms with van der Waals surface area (Å²) in [6.45, 7) is 4.23. The molecule has 0 spiro atoms. The van der Waals surface area contributed by atoms with Crippen LogP contribution < -0.4 is 4.72 Å². The summed E-state index contributed by atoms with van der Waals surface area (Å²) in [4.78, 5) is 10.3. The highest BCUT2D eigenvalue weighted by Crippen LogP contribution is 2.03. The van der Waals surface area contributed by atoms with Crippen molar-refractivity contribution in [2.75, 3.05) is 26.7 Å². The van der Waals surface area contributed by atoms with Crippen molar-refractivity contribution in [3.63, 3.8) is 0 Å². The number of ether oxygens (including phenoxy) is 1. The number of nitrogens with one attached hydrogen (secondary N) is 1.